The van der Waals surface area contributed by atoms with Crippen molar-refractivity contribution in [3.63, 3.8) is 0 Å². The molecule has 0 aromatic heterocycles. The molecule has 1 aliphatic carbocycles. The number of aliphatic hydroxyl groups is 2. The zero-order valence-electron chi connectivity index (χ0n) is 9.35. The maximum absolute atomic E-state index is 13.0. The second kappa shape index (κ2) is 4.05. The molecule has 0 saturated heterocycles. The molecule has 1 aromatic carbocycles. The normalized spacial score (nSPS) is 27.8. The van der Waals surface area contributed by atoms with Crippen molar-refractivity contribution in [2.45, 2.75) is 18.4 Å². The summed E-state index contributed by atoms with van der Waals surface area (Å²) in [5.74, 6) is -1.53. The van der Waals surface area contributed by atoms with Crippen LogP contribution in [0, 0.1) is 12.7 Å². The van der Waals surface area contributed by atoms with Gasteiger partial charge >= 0.3 is 0 Å². The number of carbonyl (C=O) groups excluding carboxylic acids is 1. The van der Waals surface area contributed by atoms with Gasteiger partial charge in [0.1, 0.15) is 11.4 Å². The van der Waals surface area contributed by atoms with Crippen molar-refractivity contribution in [2.75, 3.05) is 6.61 Å². The van der Waals surface area contributed by atoms with Gasteiger partial charge in [0.05, 0.1) is 12.5 Å². The van der Waals surface area contributed by atoms with Crippen LogP contribution in [-0.2, 0) is 4.79 Å². The lowest BCUT2D eigenvalue weighted by Crippen LogP contribution is -2.38. The van der Waals surface area contributed by atoms with Gasteiger partial charge in [0.25, 0.3) is 0 Å². The summed E-state index contributed by atoms with van der Waals surface area (Å²) in [5, 5.41) is 19.3. The molecule has 1 aromatic rings. The molecule has 0 amide bonds. The minimum atomic E-state index is -1.58. The summed E-state index contributed by atoms with van der Waals surface area (Å²) in [7, 11) is 0. The fourth-order valence-electron chi connectivity index (χ4n) is 2.19. The molecule has 0 aliphatic heterocycles. The molecule has 2 rings (SSSR count). The van der Waals surface area contributed by atoms with Crippen molar-refractivity contribution in [2.24, 2.45) is 0 Å². The summed E-state index contributed by atoms with van der Waals surface area (Å²) in [6.07, 6.45) is 2.55. The number of hydrogen-bond donors (Lipinski definition) is 2. The maximum Gasteiger partial charge on any atom is 0.166 e. The van der Waals surface area contributed by atoms with E-state index in [-0.39, 0.29) is 5.78 Å². The molecule has 0 fully saturated rings. The highest BCUT2D eigenvalue weighted by Gasteiger charge is 2.43. The number of carbonyl (C=O) groups is 1. The van der Waals surface area contributed by atoms with Crippen molar-refractivity contribution in [1.29, 1.82) is 0 Å². The Morgan fingerprint density at radius 2 is 2.18 bits per heavy atom. The number of aliphatic hydroxyl groups excluding tert-OH is 1. The van der Waals surface area contributed by atoms with E-state index < -0.39 is 23.9 Å². The van der Waals surface area contributed by atoms with Crippen LogP contribution in [0.5, 0.6) is 0 Å². The monoisotopic (exact) mass is 236 g/mol. The highest BCUT2D eigenvalue weighted by Crippen LogP contribution is 2.37. The molecule has 2 atom stereocenters. The van der Waals surface area contributed by atoms with Crippen LogP contribution in [0.4, 0.5) is 4.39 Å². The zero-order valence-corrected chi connectivity index (χ0v) is 9.35. The molecule has 0 bridgehead atoms. The molecule has 0 saturated carbocycles. The Kier molecular flexibility index (Phi) is 2.85. The third-order valence-corrected chi connectivity index (χ3v) is 3.12. The largest absolute Gasteiger partial charge is 0.393 e. The highest BCUT2D eigenvalue weighted by molar-refractivity contribution is 6.00. The van der Waals surface area contributed by atoms with E-state index in [9.17, 15) is 19.4 Å². The Bertz CT molecular complexity index is 495. The molecule has 3 nitrogen and oxygen atoms in total. The lowest BCUT2D eigenvalue weighted by molar-refractivity contribution is -0.119. The molecule has 2 N–H and O–H groups in total. The molecule has 1 unspecified atom stereocenters. The SMILES string of the molecule is Cc1cc(F)ccc1C1C(=O)C=C[C@@]1(O)CO. The minimum absolute atomic E-state index is 0.281. The van der Waals surface area contributed by atoms with Crippen molar-refractivity contribution in [3.05, 3.63) is 47.3 Å². The summed E-state index contributed by atoms with van der Waals surface area (Å²) in [4.78, 5) is 11.7. The average Bonchev–Trinajstić information content (AvgIpc) is 2.57. The van der Waals surface area contributed by atoms with E-state index in [1.807, 2.05) is 0 Å². The van der Waals surface area contributed by atoms with E-state index in [0.29, 0.717) is 11.1 Å². The first kappa shape index (κ1) is 12.0. The molecule has 4 heteroatoms. The maximum atomic E-state index is 13.0. The van der Waals surface area contributed by atoms with Gasteiger partial charge in [0.2, 0.25) is 0 Å². The van der Waals surface area contributed by atoms with Crippen LogP contribution in [0.15, 0.2) is 30.4 Å². The molecule has 0 heterocycles. The second-order valence-corrected chi connectivity index (χ2v) is 4.32. The molecule has 0 radical (unpaired) electrons. The highest BCUT2D eigenvalue weighted by atomic mass is 19.1. The Morgan fingerprint density at radius 3 is 2.76 bits per heavy atom. The Morgan fingerprint density at radius 1 is 1.47 bits per heavy atom. The number of benzene rings is 1. The van der Waals surface area contributed by atoms with E-state index in [1.54, 1.807) is 6.92 Å². The summed E-state index contributed by atoms with van der Waals surface area (Å²) in [5.41, 5.74) is -0.462. The van der Waals surface area contributed by atoms with Crippen molar-refractivity contribution in [1.82, 2.24) is 0 Å². The van der Waals surface area contributed by atoms with Crippen LogP contribution >= 0.6 is 0 Å². The fourth-order valence-corrected chi connectivity index (χ4v) is 2.19. The van der Waals surface area contributed by atoms with E-state index in [0.717, 1.165) is 0 Å². The van der Waals surface area contributed by atoms with Gasteiger partial charge in [0, 0.05) is 0 Å². The minimum Gasteiger partial charge on any atom is -0.393 e. The predicted molar refractivity (Wildman–Crippen MR) is 60.1 cm³/mol. The number of ketones is 1. The van der Waals surface area contributed by atoms with Gasteiger partial charge in [-0.3, -0.25) is 4.79 Å². The standard InChI is InChI=1S/C13H13FO3/c1-8-6-9(14)2-3-10(8)12-11(16)4-5-13(12,17)7-15/h2-6,12,15,17H,7H2,1H3/t12?,13-/m1/s1. The number of halogens is 1. The van der Waals surface area contributed by atoms with Crippen molar-refractivity contribution < 1.29 is 19.4 Å². The summed E-state index contributed by atoms with van der Waals surface area (Å²) < 4.78 is 13.0. The lowest BCUT2D eigenvalue weighted by atomic mass is 9.82. The molecule has 0 spiro atoms. The van der Waals surface area contributed by atoms with Crippen LogP contribution in [0.3, 0.4) is 0 Å². The third kappa shape index (κ3) is 1.90. The molecular formula is C13H13FO3. The first-order valence-electron chi connectivity index (χ1n) is 5.30. The first-order valence-corrected chi connectivity index (χ1v) is 5.30. The van der Waals surface area contributed by atoms with E-state index in [2.05, 4.69) is 0 Å². The van der Waals surface area contributed by atoms with E-state index in [1.165, 1.54) is 30.4 Å². The molecule has 90 valence electrons. The van der Waals surface area contributed by atoms with Gasteiger partial charge in [-0.25, -0.2) is 4.39 Å². The summed E-state index contributed by atoms with van der Waals surface area (Å²) >= 11 is 0. The summed E-state index contributed by atoms with van der Waals surface area (Å²) in [6, 6.07) is 4.02. The van der Waals surface area contributed by atoms with Gasteiger partial charge < -0.3 is 10.2 Å². The van der Waals surface area contributed by atoms with Crippen LogP contribution in [0.25, 0.3) is 0 Å². The zero-order chi connectivity index (χ0) is 12.6. The number of rotatable bonds is 2. The van der Waals surface area contributed by atoms with Crippen LogP contribution in [-0.4, -0.2) is 28.2 Å². The molecule has 17 heavy (non-hydrogen) atoms. The lowest BCUT2D eigenvalue weighted by Gasteiger charge is -2.27. The molecular weight excluding hydrogens is 223 g/mol. The van der Waals surface area contributed by atoms with Crippen molar-refractivity contribution in [3.8, 4) is 0 Å². The van der Waals surface area contributed by atoms with Gasteiger partial charge in [-0.15, -0.1) is 0 Å². The fraction of sp³-hybridized carbons (Fsp3) is 0.308. The van der Waals surface area contributed by atoms with Crippen LogP contribution in [0.2, 0.25) is 0 Å². The van der Waals surface area contributed by atoms with E-state index in [4.69, 9.17) is 0 Å². The third-order valence-electron chi connectivity index (χ3n) is 3.12. The van der Waals surface area contributed by atoms with Gasteiger partial charge in [-0.1, -0.05) is 6.07 Å². The average molecular weight is 236 g/mol. The topological polar surface area (TPSA) is 57.5 Å². The smallest absolute Gasteiger partial charge is 0.166 e. The first-order chi connectivity index (χ1) is 7.98. The van der Waals surface area contributed by atoms with E-state index >= 15 is 0 Å². The molecule has 1 aliphatic rings. The number of aryl methyl sites for hydroxylation is 1. The van der Waals surface area contributed by atoms with Crippen molar-refractivity contribution >= 4 is 5.78 Å². The van der Waals surface area contributed by atoms with Gasteiger partial charge in [-0.05, 0) is 42.3 Å². The number of allylic oxidation sites excluding steroid dienone is 1. The quantitative estimate of drug-likeness (QED) is 0.807. The summed E-state index contributed by atoms with van der Waals surface area (Å²) in [6.45, 7) is 1.12. The predicted octanol–water partition coefficient (Wildman–Crippen LogP) is 1.08. The van der Waals surface area contributed by atoms with Crippen LogP contribution in [0.1, 0.15) is 17.0 Å². The van der Waals surface area contributed by atoms with Gasteiger partial charge in [-0.2, -0.15) is 0 Å². The van der Waals surface area contributed by atoms with Crippen LogP contribution < -0.4 is 0 Å². The second-order valence-electron chi connectivity index (χ2n) is 4.32. The number of hydrogen-bond acceptors (Lipinski definition) is 3. The van der Waals surface area contributed by atoms with Gasteiger partial charge in [0.15, 0.2) is 5.78 Å². The Labute approximate surface area is 98.2 Å². The Balaban J connectivity index is 2.49. The Hall–Kier alpha value is -1.52.